The molecule has 0 unspecified atom stereocenters. The van der Waals surface area contributed by atoms with Gasteiger partial charge in [0.05, 0.1) is 5.56 Å². The van der Waals surface area contributed by atoms with Crippen molar-refractivity contribution in [1.82, 2.24) is 15.3 Å². The van der Waals surface area contributed by atoms with E-state index in [2.05, 4.69) is 15.3 Å². The molecule has 3 aromatic rings. The van der Waals surface area contributed by atoms with Gasteiger partial charge in [-0.1, -0.05) is 30.3 Å². The second kappa shape index (κ2) is 9.10. The lowest BCUT2D eigenvalue weighted by molar-refractivity contribution is 0.0953. The number of carbonyl (C=O) groups excluding carboxylic acids is 1. The molecule has 0 atom stereocenters. The maximum Gasteiger partial charge on any atom is 0.254 e. The van der Waals surface area contributed by atoms with Crippen LogP contribution >= 0.6 is 11.8 Å². The van der Waals surface area contributed by atoms with E-state index in [0.29, 0.717) is 17.9 Å². The Kier molecular flexibility index (Phi) is 6.33. The van der Waals surface area contributed by atoms with Crippen LogP contribution in [0.25, 0.3) is 11.4 Å². The van der Waals surface area contributed by atoms with Crippen molar-refractivity contribution in [2.45, 2.75) is 11.3 Å². The summed E-state index contributed by atoms with van der Waals surface area (Å²) in [6.07, 6.45) is 3.90. The highest BCUT2D eigenvalue weighted by atomic mass is 32.2. The summed E-state index contributed by atoms with van der Waals surface area (Å²) in [5.41, 5.74) is 1.35. The van der Waals surface area contributed by atoms with E-state index in [1.54, 1.807) is 23.9 Å². The third kappa shape index (κ3) is 5.13. The van der Waals surface area contributed by atoms with E-state index in [-0.39, 0.29) is 11.7 Å². The van der Waals surface area contributed by atoms with Gasteiger partial charge in [0.2, 0.25) is 0 Å². The fourth-order valence-corrected chi connectivity index (χ4v) is 3.13. The Hall–Kier alpha value is -2.73. The quantitative estimate of drug-likeness (QED) is 0.502. The number of aromatic nitrogens is 2. The van der Waals surface area contributed by atoms with E-state index >= 15 is 0 Å². The molecule has 3 rings (SSSR count). The van der Waals surface area contributed by atoms with Crippen molar-refractivity contribution in [1.29, 1.82) is 0 Å². The Balaban J connectivity index is 1.42. The lowest BCUT2D eigenvalue weighted by Gasteiger charge is -2.06. The van der Waals surface area contributed by atoms with Crippen molar-refractivity contribution in [2.75, 3.05) is 12.3 Å². The van der Waals surface area contributed by atoms with Crippen molar-refractivity contribution < 1.29 is 9.18 Å². The van der Waals surface area contributed by atoms with Gasteiger partial charge in [-0.15, -0.1) is 11.8 Å². The zero-order valence-corrected chi connectivity index (χ0v) is 14.9. The molecule has 0 saturated carbocycles. The first-order valence-electron chi connectivity index (χ1n) is 8.26. The zero-order valence-electron chi connectivity index (χ0n) is 14.1. The summed E-state index contributed by atoms with van der Waals surface area (Å²) in [5, 5.41) is 2.86. The van der Waals surface area contributed by atoms with Crippen LogP contribution < -0.4 is 5.32 Å². The minimum absolute atomic E-state index is 0.184. The molecular formula is C20H18FN3OS. The van der Waals surface area contributed by atoms with E-state index < -0.39 is 0 Å². The summed E-state index contributed by atoms with van der Waals surface area (Å²) in [7, 11) is 0. The van der Waals surface area contributed by atoms with Gasteiger partial charge < -0.3 is 5.32 Å². The molecule has 1 N–H and O–H groups in total. The number of benzene rings is 2. The van der Waals surface area contributed by atoms with Crippen molar-refractivity contribution >= 4 is 17.7 Å². The fourth-order valence-electron chi connectivity index (χ4n) is 2.28. The Morgan fingerprint density at radius 1 is 1.00 bits per heavy atom. The predicted octanol–water partition coefficient (Wildman–Crippen LogP) is 4.19. The summed E-state index contributed by atoms with van der Waals surface area (Å²) in [5.74, 6) is 1.02. The molecule has 0 aliphatic carbocycles. The van der Waals surface area contributed by atoms with Crippen molar-refractivity contribution in [3.8, 4) is 11.4 Å². The molecule has 0 aliphatic rings. The summed E-state index contributed by atoms with van der Waals surface area (Å²) in [6.45, 7) is 0.563. The number of nitrogens with one attached hydrogen (secondary N) is 1. The van der Waals surface area contributed by atoms with Crippen molar-refractivity contribution in [3.63, 3.8) is 0 Å². The Bertz CT molecular complexity index is 839. The number of thioether (sulfide) groups is 1. The maximum absolute atomic E-state index is 12.8. The van der Waals surface area contributed by atoms with E-state index in [1.807, 2.05) is 30.3 Å². The second-order valence-electron chi connectivity index (χ2n) is 5.57. The van der Waals surface area contributed by atoms with Crippen molar-refractivity contribution in [2.24, 2.45) is 0 Å². The smallest absolute Gasteiger partial charge is 0.254 e. The third-order valence-corrected chi connectivity index (χ3v) is 4.73. The van der Waals surface area contributed by atoms with E-state index in [1.165, 1.54) is 24.5 Å². The first-order chi connectivity index (χ1) is 12.7. The molecule has 1 amide bonds. The number of nitrogens with zero attached hydrogens (tertiary/aromatic N) is 2. The van der Waals surface area contributed by atoms with Gasteiger partial charge in [0.1, 0.15) is 5.82 Å². The maximum atomic E-state index is 12.8. The Morgan fingerprint density at radius 2 is 1.69 bits per heavy atom. The first kappa shape index (κ1) is 18.1. The molecule has 0 fully saturated rings. The third-order valence-electron chi connectivity index (χ3n) is 3.64. The minimum Gasteiger partial charge on any atom is -0.352 e. The molecular weight excluding hydrogens is 349 g/mol. The van der Waals surface area contributed by atoms with Crippen LogP contribution in [0.3, 0.4) is 0 Å². The molecule has 0 saturated heterocycles. The number of carbonyl (C=O) groups is 1. The highest BCUT2D eigenvalue weighted by Gasteiger charge is 2.07. The molecule has 0 radical (unpaired) electrons. The van der Waals surface area contributed by atoms with Gasteiger partial charge in [-0.25, -0.2) is 14.4 Å². The molecule has 0 spiro atoms. The molecule has 0 bridgehead atoms. The normalized spacial score (nSPS) is 10.5. The van der Waals surface area contributed by atoms with Gasteiger partial charge in [0.15, 0.2) is 5.82 Å². The monoisotopic (exact) mass is 367 g/mol. The molecule has 6 heteroatoms. The summed E-state index contributed by atoms with van der Waals surface area (Å²) in [4.78, 5) is 21.6. The molecule has 26 heavy (non-hydrogen) atoms. The summed E-state index contributed by atoms with van der Waals surface area (Å²) in [6, 6.07) is 16.0. The highest BCUT2D eigenvalue weighted by molar-refractivity contribution is 7.99. The molecule has 1 aromatic heterocycles. The SMILES string of the molecule is O=C(NCCCSc1ccc(F)cc1)c1cnc(-c2ccccc2)nc1. The summed E-state index contributed by atoms with van der Waals surface area (Å²) < 4.78 is 12.8. The molecule has 132 valence electrons. The fraction of sp³-hybridized carbons (Fsp3) is 0.150. The van der Waals surface area contributed by atoms with Gasteiger partial charge in [-0.2, -0.15) is 0 Å². The zero-order chi connectivity index (χ0) is 18.2. The minimum atomic E-state index is -0.234. The number of halogens is 1. The standard InChI is InChI=1S/C20H18FN3OS/c21-17-7-9-18(10-8-17)26-12-4-11-22-20(25)16-13-23-19(24-14-16)15-5-2-1-3-6-15/h1-3,5-10,13-14H,4,11-12H2,(H,22,25). The van der Waals surface area contributed by atoms with Gasteiger partial charge in [-0.3, -0.25) is 4.79 Å². The van der Waals surface area contributed by atoms with Gasteiger partial charge in [0, 0.05) is 29.4 Å². The van der Waals surface area contributed by atoms with Crippen LogP contribution in [0.15, 0.2) is 71.9 Å². The lowest BCUT2D eigenvalue weighted by Crippen LogP contribution is -2.25. The van der Waals surface area contributed by atoms with Crippen LogP contribution in [-0.4, -0.2) is 28.2 Å². The number of amides is 1. The molecule has 0 aliphatic heterocycles. The molecule has 4 nitrogen and oxygen atoms in total. The first-order valence-corrected chi connectivity index (χ1v) is 9.25. The van der Waals surface area contributed by atoms with E-state index in [0.717, 1.165) is 22.6 Å². The molecule has 2 aromatic carbocycles. The van der Waals surface area contributed by atoms with Crippen LogP contribution in [-0.2, 0) is 0 Å². The van der Waals surface area contributed by atoms with E-state index in [9.17, 15) is 9.18 Å². The Labute approximate surface area is 155 Å². The van der Waals surface area contributed by atoms with Crippen LogP contribution in [0, 0.1) is 5.82 Å². The number of hydrogen-bond acceptors (Lipinski definition) is 4. The predicted molar refractivity (Wildman–Crippen MR) is 102 cm³/mol. The highest BCUT2D eigenvalue weighted by Crippen LogP contribution is 2.18. The van der Waals surface area contributed by atoms with E-state index in [4.69, 9.17) is 0 Å². The largest absolute Gasteiger partial charge is 0.352 e. The average Bonchev–Trinajstić information content (AvgIpc) is 2.70. The molecule has 1 heterocycles. The van der Waals surface area contributed by atoms with Crippen LogP contribution in [0.5, 0.6) is 0 Å². The van der Waals surface area contributed by atoms with Crippen molar-refractivity contribution in [3.05, 3.63) is 78.4 Å². The summed E-state index contributed by atoms with van der Waals surface area (Å²) >= 11 is 1.63. The van der Waals surface area contributed by atoms with Gasteiger partial charge in [-0.05, 0) is 36.4 Å². The van der Waals surface area contributed by atoms with Gasteiger partial charge >= 0.3 is 0 Å². The topological polar surface area (TPSA) is 54.9 Å². The number of hydrogen-bond donors (Lipinski definition) is 1. The average molecular weight is 367 g/mol. The van der Waals surface area contributed by atoms with Crippen LogP contribution in [0.4, 0.5) is 4.39 Å². The second-order valence-corrected chi connectivity index (χ2v) is 6.74. The van der Waals surface area contributed by atoms with Gasteiger partial charge in [0.25, 0.3) is 5.91 Å². The van der Waals surface area contributed by atoms with Crippen LogP contribution in [0.1, 0.15) is 16.8 Å². The number of rotatable bonds is 7. The van der Waals surface area contributed by atoms with Crippen LogP contribution in [0.2, 0.25) is 0 Å². The Morgan fingerprint density at radius 3 is 2.38 bits per heavy atom. The lowest BCUT2D eigenvalue weighted by atomic mass is 10.2.